The predicted molar refractivity (Wildman–Crippen MR) is 95.9 cm³/mol. The fraction of sp³-hybridized carbons (Fsp3) is 0.619. The highest BCUT2D eigenvalue weighted by molar-refractivity contribution is 5.98. The van der Waals surface area contributed by atoms with Gasteiger partial charge in [-0.3, -0.25) is 9.69 Å². The molecule has 5 nitrogen and oxygen atoms in total. The Labute approximate surface area is 153 Å². The Morgan fingerprint density at radius 1 is 1.27 bits per heavy atom. The summed E-state index contributed by atoms with van der Waals surface area (Å²) in [6, 6.07) is 8.52. The molecule has 2 aliphatic carbocycles. The second-order valence-corrected chi connectivity index (χ2v) is 9.00. The molecule has 6 rings (SSSR count). The number of nitrogens with zero attached hydrogens (tertiary/aromatic N) is 1. The third kappa shape index (κ3) is 1.33. The van der Waals surface area contributed by atoms with Gasteiger partial charge in [-0.25, -0.2) is 4.79 Å². The molecule has 1 aromatic rings. The largest absolute Gasteiger partial charge is 0.467 e. The number of anilines is 1. The molecule has 2 saturated heterocycles. The molecule has 0 radical (unpaired) electrons. The maximum atomic E-state index is 13.4. The van der Waals surface area contributed by atoms with Crippen LogP contribution in [0.15, 0.2) is 24.3 Å². The normalized spacial score (nSPS) is 44.9. The first kappa shape index (κ1) is 15.2. The van der Waals surface area contributed by atoms with Crippen molar-refractivity contribution in [2.24, 2.45) is 11.3 Å². The van der Waals surface area contributed by atoms with Crippen LogP contribution in [0.4, 0.5) is 5.69 Å². The summed E-state index contributed by atoms with van der Waals surface area (Å²) < 4.78 is 5.36. The van der Waals surface area contributed by atoms with Gasteiger partial charge in [-0.1, -0.05) is 18.2 Å². The average Bonchev–Trinajstić information content (AvgIpc) is 3.14. The summed E-state index contributed by atoms with van der Waals surface area (Å²) in [5.41, 5.74) is 0.915. The summed E-state index contributed by atoms with van der Waals surface area (Å²) in [4.78, 5) is 29.2. The molecule has 1 aromatic carbocycles. The van der Waals surface area contributed by atoms with E-state index in [1.165, 1.54) is 12.7 Å². The van der Waals surface area contributed by atoms with Crippen molar-refractivity contribution in [2.75, 3.05) is 25.5 Å². The van der Waals surface area contributed by atoms with E-state index in [9.17, 15) is 9.59 Å². The van der Waals surface area contributed by atoms with Gasteiger partial charge in [-0.15, -0.1) is 0 Å². The van der Waals surface area contributed by atoms with Crippen molar-refractivity contribution in [3.05, 3.63) is 29.8 Å². The number of hydrogen-bond donors (Lipinski definition) is 1. The highest BCUT2D eigenvalue weighted by atomic mass is 16.5. The van der Waals surface area contributed by atoms with Crippen molar-refractivity contribution in [2.45, 2.75) is 49.1 Å². The Bertz CT molecular complexity index is 853. The van der Waals surface area contributed by atoms with Crippen molar-refractivity contribution in [3.8, 4) is 0 Å². The number of para-hydroxylation sites is 1. The topological polar surface area (TPSA) is 58.6 Å². The Kier molecular flexibility index (Phi) is 2.63. The number of methoxy groups -OCH3 is 1. The number of piperidine rings is 1. The molecule has 5 atom stereocenters. The zero-order chi connectivity index (χ0) is 17.7. The van der Waals surface area contributed by atoms with E-state index in [1.54, 1.807) is 0 Å². The molecule has 1 unspecified atom stereocenters. The molecule has 5 aliphatic rings. The average molecular weight is 352 g/mol. The second-order valence-electron chi connectivity index (χ2n) is 9.00. The zero-order valence-electron chi connectivity index (χ0n) is 15.1. The number of ketones is 1. The van der Waals surface area contributed by atoms with Crippen LogP contribution in [0.25, 0.3) is 0 Å². The van der Waals surface area contributed by atoms with Crippen LogP contribution in [0.3, 0.4) is 0 Å². The number of hydrogen-bond acceptors (Lipinski definition) is 5. The maximum absolute atomic E-state index is 13.4. The van der Waals surface area contributed by atoms with E-state index >= 15 is 0 Å². The van der Waals surface area contributed by atoms with E-state index in [2.05, 4.69) is 22.3 Å². The van der Waals surface area contributed by atoms with Crippen LogP contribution in [0.1, 0.15) is 37.7 Å². The molecule has 3 heterocycles. The monoisotopic (exact) mass is 352 g/mol. The minimum atomic E-state index is -0.813. The molecular formula is C21H24N2O3. The van der Waals surface area contributed by atoms with E-state index in [4.69, 9.17) is 4.74 Å². The van der Waals surface area contributed by atoms with Crippen LogP contribution < -0.4 is 5.32 Å². The number of fused-ring (bicyclic) bond motifs is 1. The Hall–Kier alpha value is -1.88. The van der Waals surface area contributed by atoms with Gasteiger partial charge in [0, 0.05) is 30.6 Å². The summed E-state index contributed by atoms with van der Waals surface area (Å²) in [5.74, 6) is 0.0424. The van der Waals surface area contributed by atoms with Gasteiger partial charge in [0.15, 0.2) is 0 Å². The molecule has 1 spiro atoms. The third-order valence-electron chi connectivity index (χ3n) is 8.34. The molecule has 5 heteroatoms. The van der Waals surface area contributed by atoms with Crippen LogP contribution in [0, 0.1) is 11.3 Å². The lowest BCUT2D eigenvalue weighted by Crippen LogP contribution is -2.75. The fourth-order valence-corrected chi connectivity index (χ4v) is 7.77. The highest BCUT2D eigenvalue weighted by Crippen LogP contribution is 2.72. The maximum Gasteiger partial charge on any atom is 0.332 e. The fourth-order valence-electron chi connectivity index (χ4n) is 7.77. The van der Waals surface area contributed by atoms with E-state index < -0.39 is 11.0 Å². The number of carbonyl (C=O) groups excluding carboxylic acids is 2. The van der Waals surface area contributed by atoms with Gasteiger partial charge >= 0.3 is 5.97 Å². The molecular weight excluding hydrogens is 328 g/mol. The van der Waals surface area contributed by atoms with Crippen LogP contribution in [-0.4, -0.2) is 48.4 Å². The van der Waals surface area contributed by atoms with E-state index in [-0.39, 0.29) is 23.3 Å². The number of nitrogens with one attached hydrogen (secondary N) is 1. The summed E-state index contributed by atoms with van der Waals surface area (Å²) in [7, 11) is 1.48. The number of rotatable bonds is 1. The quantitative estimate of drug-likeness (QED) is 0.785. The molecule has 0 aromatic heterocycles. The van der Waals surface area contributed by atoms with E-state index in [1.807, 2.05) is 12.1 Å². The van der Waals surface area contributed by atoms with Gasteiger partial charge < -0.3 is 10.1 Å². The first-order chi connectivity index (χ1) is 12.6. The van der Waals surface area contributed by atoms with E-state index in [0.717, 1.165) is 44.5 Å². The number of benzene rings is 1. The smallest absolute Gasteiger partial charge is 0.332 e. The standard InChI is InChI=1S/C21H24N2O3/c1-26-18(25)20-9-8-19-7-4-10-23-12-14(16(24)11-19)21(20,17(19)23)13-5-2-3-6-15(13)22-20/h2-3,5-6,14,17,22H,4,7-12H2,1H3/t14?,17-,19-,20+,21-/m1/s1. The van der Waals surface area contributed by atoms with Gasteiger partial charge in [0.25, 0.3) is 0 Å². The van der Waals surface area contributed by atoms with E-state index in [0.29, 0.717) is 12.2 Å². The molecule has 4 bridgehead atoms. The van der Waals surface area contributed by atoms with Crippen LogP contribution in [0.2, 0.25) is 0 Å². The number of carbonyl (C=O) groups is 2. The summed E-state index contributed by atoms with van der Waals surface area (Å²) in [6.45, 7) is 1.83. The van der Waals surface area contributed by atoms with Crippen molar-refractivity contribution in [1.29, 1.82) is 0 Å². The summed E-state index contributed by atoms with van der Waals surface area (Å²) in [6.07, 6.45) is 4.63. The molecule has 26 heavy (non-hydrogen) atoms. The van der Waals surface area contributed by atoms with Gasteiger partial charge in [0.2, 0.25) is 0 Å². The third-order valence-corrected chi connectivity index (χ3v) is 8.34. The van der Waals surface area contributed by atoms with Crippen LogP contribution in [-0.2, 0) is 19.7 Å². The summed E-state index contributed by atoms with van der Waals surface area (Å²) >= 11 is 0. The van der Waals surface area contributed by atoms with Crippen molar-refractivity contribution in [3.63, 3.8) is 0 Å². The second kappa shape index (κ2) is 4.50. The minimum Gasteiger partial charge on any atom is -0.467 e. The molecule has 4 fully saturated rings. The van der Waals surface area contributed by atoms with Crippen LogP contribution >= 0.6 is 0 Å². The lowest BCUT2D eigenvalue weighted by Gasteiger charge is -2.63. The van der Waals surface area contributed by atoms with Crippen molar-refractivity contribution >= 4 is 17.4 Å². The van der Waals surface area contributed by atoms with Gasteiger partial charge in [0.1, 0.15) is 11.3 Å². The number of ether oxygens (including phenoxy) is 1. The molecule has 2 saturated carbocycles. The Balaban J connectivity index is 1.71. The predicted octanol–water partition coefficient (Wildman–Crippen LogP) is 2.11. The van der Waals surface area contributed by atoms with Crippen molar-refractivity contribution < 1.29 is 14.3 Å². The molecule has 136 valence electrons. The highest BCUT2D eigenvalue weighted by Gasteiger charge is 2.81. The molecule has 3 aliphatic heterocycles. The number of Topliss-reactive ketones (excluding diaryl/α,β-unsaturated/α-hetero) is 1. The van der Waals surface area contributed by atoms with Gasteiger partial charge in [-0.2, -0.15) is 0 Å². The zero-order valence-corrected chi connectivity index (χ0v) is 15.1. The first-order valence-electron chi connectivity index (χ1n) is 9.82. The Morgan fingerprint density at radius 3 is 2.96 bits per heavy atom. The lowest BCUT2D eigenvalue weighted by molar-refractivity contribution is -0.163. The molecule has 0 amide bonds. The van der Waals surface area contributed by atoms with Crippen LogP contribution in [0.5, 0.6) is 0 Å². The van der Waals surface area contributed by atoms with Gasteiger partial charge in [-0.05, 0) is 49.3 Å². The SMILES string of the molecule is COC(=O)[C@@]12CC[C@]34CCCN5CC(C(=O)C3)[C@]1(c1ccccc1N2)[C@H]54. The number of esters is 1. The lowest BCUT2D eigenvalue weighted by atomic mass is 9.41. The van der Waals surface area contributed by atoms with Crippen molar-refractivity contribution in [1.82, 2.24) is 4.90 Å². The summed E-state index contributed by atoms with van der Waals surface area (Å²) in [5, 5.41) is 3.60. The minimum absolute atomic E-state index is 0.0268. The first-order valence-corrected chi connectivity index (χ1v) is 9.82. The molecule has 1 N–H and O–H groups in total. The van der Waals surface area contributed by atoms with Gasteiger partial charge in [0.05, 0.1) is 12.5 Å². The Morgan fingerprint density at radius 2 is 2.12 bits per heavy atom.